The number of nitrogens with one attached hydrogen (secondary N) is 1. The molecule has 0 radical (unpaired) electrons. The number of hydrogen-bond acceptors (Lipinski definition) is 3. The van der Waals surface area contributed by atoms with Gasteiger partial charge >= 0.3 is 0 Å². The zero-order valence-corrected chi connectivity index (χ0v) is 9.92. The molecule has 0 fully saturated rings. The van der Waals surface area contributed by atoms with E-state index in [1.807, 2.05) is 7.05 Å². The number of hydrogen-bond donors (Lipinski definition) is 2. The average Bonchev–Trinajstić information content (AvgIpc) is 2.19. The highest BCUT2D eigenvalue weighted by molar-refractivity contribution is 5.45. The van der Waals surface area contributed by atoms with Crippen LogP contribution in [0.25, 0.3) is 0 Å². The first kappa shape index (κ1) is 12.0. The molecular formula is C12H20N2O. The monoisotopic (exact) mass is 208 g/mol. The number of ether oxygens (including phenoxy) is 1. The number of nitrogens with two attached hydrogens (primary N) is 1. The fourth-order valence-electron chi connectivity index (χ4n) is 1.93. The lowest BCUT2D eigenvalue weighted by molar-refractivity contribution is 0.399. The van der Waals surface area contributed by atoms with Gasteiger partial charge in [-0.1, -0.05) is 17.7 Å². The van der Waals surface area contributed by atoms with Gasteiger partial charge in [0.25, 0.3) is 0 Å². The van der Waals surface area contributed by atoms with Crippen molar-refractivity contribution >= 4 is 0 Å². The molecule has 0 amide bonds. The molecule has 1 rings (SSSR count). The molecule has 84 valence electrons. The van der Waals surface area contributed by atoms with Crippen molar-refractivity contribution in [1.29, 1.82) is 0 Å². The molecule has 0 saturated carbocycles. The SMILES string of the molecule is CNC(CN)c1cc(C)cc(C)c1OC. The van der Waals surface area contributed by atoms with Crippen LogP contribution in [0.5, 0.6) is 5.75 Å². The van der Waals surface area contributed by atoms with Crippen LogP contribution < -0.4 is 15.8 Å². The maximum Gasteiger partial charge on any atom is 0.126 e. The molecular weight excluding hydrogens is 188 g/mol. The van der Waals surface area contributed by atoms with Crippen molar-refractivity contribution in [2.24, 2.45) is 5.73 Å². The molecule has 15 heavy (non-hydrogen) atoms. The fourth-order valence-corrected chi connectivity index (χ4v) is 1.93. The van der Waals surface area contributed by atoms with Gasteiger partial charge in [0.15, 0.2) is 0 Å². The van der Waals surface area contributed by atoms with Crippen molar-refractivity contribution in [3.05, 3.63) is 28.8 Å². The molecule has 0 aliphatic carbocycles. The first-order chi connectivity index (χ1) is 7.13. The average molecular weight is 208 g/mol. The van der Waals surface area contributed by atoms with E-state index in [-0.39, 0.29) is 6.04 Å². The van der Waals surface area contributed by atoms with Gasteiger partial charge < -0.3 is 15.8 Å². The molecule has 3 heteroatoms. The molecule has 0 aliphatic heterocycles. The molecule has 1 unspecified atom stereocenters. The number of rotatable bonds is 4. The summed E-state index contributed by atoms with van der Waals surface area (Å²) in [7, 11) is 3.61. The second kappa shape index (κ2) is 5.14. The Morgan fingerprint density at radius 1 is 1.40 bits per heavy atom. The van der Waals surface area contributed by atoms with Gasteiger partial charge in [0.05, 0.1) is 7.11 Å². The van der Waals surface area contributed by atoms with E-state index in [0.717, 1.165) is 16.9 Å². The summed E-state index contributed by atoms with van der Waals surface area (Å²) in [5, 5.41) is 3.19. The molecule has 3 nitrogen and oxygen atoms in total. The van der Waals surface area contributed by atoms with Crippen LogP contribution in [0.15, 0.2) is 12.1 Å². The molecule has 0 bridgehead atoms. The number of benzene rings is 1. The zero-order valence-electron chi connectivity index (χ0n) is 9.92. The lowest BCUT2D eigenvalue weighted by Gasteiger charge is -2.19. The van der Waals surface area contributed by atoms with Crippen molar-refractivity contribution in [2.75, 3.05) is 20.7 Å². The number of likely N-dealkylation sites (N-methyl/N-ethyl adjacent to an activating group) is 1. The van der Waals surface area contributed by atoms with Crippen molar-refractivity contribution in [3.63, 3.8) is 0 Å². The maximum absolute atomic E-state index is 5.72. The third-order valence-corrected chi connectivity index (χ3v) is 2.61. The van der Waals surface area contributed by atoms with Gasteiger partial charge in [-0.25, -0.2) is 0 Å². The molecule has 1 atom stereocenters. The normalized spacial score (nSPS) is 12.6. The Morgan fingerprint density at radius 2 is 2.07 bits per heavy atom. The first-order valence-electron chi connectivity index (χ1n) is 5.16. The van der Waals surface area contributed by atoms with E-state index < -0.39 is 0 Å². The second-order valence-corrected chi connectivity index (χ2v) is 3.78. The van der Waals surface area contributed by atoms with Gasteiger partial charge in [0.1, 0.15) is 5.75 Å². The Bertz CT molecular complexity index is 333. The minimum absolute atomic E-state index is 0.151. The Kier molecular flexibility index (Phi) is 4.12. The van der Waals surface area contributed by atoms with E-state index in [2.05, 4.69) is 31.3 Å². The summed E-state index contributed by atoms with van der Waals surface area (Å²) in [6, 6.07) is 4.39. The summed E-state index contributed by atoms with van der Waals surface area (Å²) in [5.41, 5.74) is 9.25. The van der Waals surface area contributed by atoms with Crippen molar-refractivity contribution in [1.82, 2.24) is 5.32 Å². The highest BCUT2D eigenvalue weighted by Crippen LogP contribution is 2.29. The summed E-state index contributed by atoms with van der Waals surface area (Å²) >= 11 is 0. The third-order valence-electron chi connectivity index (χ3n) is 2.61. The van der Waals surface area contributed by atoms with Gasteiger partial charge in [-0.15, -0.1) is 0 Å². The minimum atomic E-state index is 0.151. The van der Waals surface area contributed by atoms with Gasteiger partial charge in [0.2, 0.25) is 0 Å². The van der Waals surface area contributed by atoms with Crippen LogP contribution in [0.2, 0.25) is 0 Å². The molecule has 1 aromatic rings. The standard InChI is InChI=1S/C12H20N2O/c1-8-5-9(2)12(15-4)10(6-8)11(7-13)14-3/h5-6,11,14H,7,13H2,1-4H3. The summed E-state index contributed by atoms with van der Waals surface area (Å²) in [4.78, 5) is 0. The van der Waals surface area contributed by atoms with Crippen LogP contribution in [0, 0.1) is 13.8 Å². The predicted octanol–water partition coefficient (Wildman–Crippen LogP) is 1.53. The van der Waals surface area contributed by atoms with Gasteiger partial charge in [0, 0.05) is 18.2 Å². The van der Waals surface area contributed by atoms with Crippen LogP contribution in [0.1, 0.15) is 22.7 Å². The topological polar surface area (TPSA) is 47.3 Å². The largest absolute Gasteiger partial charge is 0.496 e. The van der Waals surface area contributed by atoms with E-state index >= 15 is 0 Å². The van der Waals surface area contributed by atoms with Crippen LogP contribution in [-0.2, 0) is 0 Å². The molecule has 0 heterocycles. The molecule has 3 N–H and O–H groups in total. The number of methoxy groups -OCH3 is 1. The van der Waals surface area contributed by atoms with E-state index in [0.29, 0.717) is 6.54 Å². The molecule has 1 aromatic carbocycles. The number of aryl methyl sites for hydroxylation is 2. The van der Waals surface area contributed by atoms with E-state index in [9.17, 15) is 0 Å². The van der Waals surface area contributed by atoms with Gasteiger partial charge in [-0.3, -0.25) is 0 Å². The smallest absolute Gasteiger partial charge is 0.126 e. The second-order valence-electron chi connectivity index (χ2n) is 3.78. The minimum Gasteiger partial charge on any atom is -0.496 e. The molecule has 0 saturated heterocycles. The fraction of sp³-hybridized carbons (Fsp3) is 0.500. The maximum atomic E-state index is 5.72. The predicted molar refractivity (Wildman–Crippen MR) is 63.3 cm³/mol. The highest BCUT2D eigenvalue weighted by atomic mass is 16.5. The Balaban J connectivity index is 3.24. The lowest BCUT2D eigenvalue weighted by atomic mass is 9.99. The summed E-state index contributed by atoms with van der Waals surface area (Å²) in [5.74, 6) is 0.936. The molecule has 0 spiro atoms. The van der Waals surface area contributed by atoms with Crippen molar-refractivity contribution < 1.29 is 4.74 Å². The lowest BCUT2D eigenvalue weighted by Crippen LogP contribution is -2.25. The van der Waals surface area contributed by atoms with Crippen LogP contribution in [0.3, 0.4) is 0 Å². The Morgan fingerprint density at radius 3 is 2.53 bits per heavy atom. The summed E-state index contributed by atoms with van der Waals surface area (Å²) in [6.07, 6.45) is 0. The first-order valence-corrected chi connectivity index (χ1v) is 5.16. The van der Waals surface area contributed by atoms with Gasteiger partial charge in [-0.05, 0) is 26.5 Å². The summed E-state index contributed by atoms with van der Waals surface area (Å²) < 4.78 is 5.42. The van der Waals surface area contributed by atoms with Gasteiger partial charge in [-0.2, -0.15) is 0 Å². The van der Waals surface area contributed by atoms with E-state index in [1.54, 1.807) is 7.11 Å². The van der Waals surface area contributed by atoms with Crippen LogP contribution >= 0.6 is 0 Å². The quantitative estimate of drug-likeness (QED) is 0.789. The summed E-state index contributed by atoms with van der Waals surface area (Å²) in [6.45, 7) is 4.70. The van der Waals surface area contributed by atoms with Crippen molar-refractivity contribution in [3.8, 4) is 5.75 Å². The molecule has 0 aromatic heterocycles. The van der Waals surface area contributed by atoms with Crippen LogP contribution in [-0.4, -0.2) is 20.7 Å². The van der Waals surface area contributed by atoms with E-state index in [1.165, 1.54) is 5.56 Å². The van der Waals surface area contributed by atoms with E-state index in [4.69, 9.17) is 10.5 Å². The van der Waals surface area contributed by atoms with Crippen molar-refractivity contribution in [2.45, 2.75) is 19.9 Å². The van der Waals surface area contributed by atoms with Crippen LogP contribution in [0.4, 0.5) is 0 Å². The highest BCUT2D eigenvalue weighted by Gasteiger charge is 2.14. The zero-order chi connectivity index (χ0) is 11.4. The Hall–Kier alpha value is -1.06. The molecule has 0 aliphatic rings. The third kappa shape index (κ3) is 2.49. The Labute approximate surface area is 91.6 Å².